The fourth-order valence-corrected chi connectivity index (χ4v) is 3.25. The number of hydrogen-bond donors (Lipinski definition) is 0. The van der Waals surface area contributed by atoms with Crippen molar-refractivity contribution in [3.63, 3.8) is 0 Å². The second-order valence-corrected chi connectivity index (χ2v) is 6.02. The number of fused-ring (bicyclic) bond motifs is 1. The van der Waals surface area contributed by atoms with Gasteiger partial charge >= 0.3 is 6.18 Å². The molecule has 1 aliphatic rings. The number of ether oxygens (including phenoxy) is 1. The fourth-order valence-electron chi connectivity index (χ4n) is 2.98. The molecule has 0 saturated heterocycles. The van der Waals surface area contributed by atoms with Gasteiger partial charge in [0.15, 0.2) is 5.78 Å². The van der Waals surface area contributed by atoms with Crippen LogP contribution in [0.15, 0.2) is 30.5 Å². The average Bonchev–Trinajstić information content (AvgIpc) is 2.81. The van der Waals surface area contributed by atoms with Crippen molar-refractivity contribution in [2.75, 3.05) is 7.11 Å². The number of methoxy groups -OCH3 is 1. The van der Waals surface area contributed by atoms with Crippen molar-refractivity contribution >= 4 is 17.4 Å². The summed E-state index contributed by atoms with van der Waals surface area (Å²) in [5.74, 6) is -0.420. The third-order valence-corrected chi connectivity index (χ3v) is 4.41. The molecule has 0 bridgehead atoms. The summed E-state index contributed by atoms with van der Waals surface area (Å²) in [6.07, 6.45) is -2.92. The summed E-state index contributed by atoms with van der Waals surface area (Å²) in [6, 6.07) is 5.40. The Bertz CT molecular complexity index is 805. The van der Waals surface area contributed by atoms with Crippen LogP contribution >= 0.6 is 11.6 Å². The van der Waals surface area contributed by atoms with E-state index in [9.17, 15) is 18.0 Å². The molecule has 1 atom stereocenters. The molecule has 1 aliphatic carbocycles. The molecule has 1 aromatic carbocycles. The molecule has 1 aromatic heterocycles. The minimum atomic E-state index is -4.50. The van der Waals surface area contributed by atoms with Gasteiger partial charge in [-0.1, -0.05) is 11.6 Å². The molecule has 0 aliphatic heterocycles. The molecule has 0 amide bonds. The molecule has 0 spiro atoms. The van der Waals surface area contributed by atoms with Crippen LogP contribution in [-0.4, -0.2) is 17.9 Å². The molecule has 0 N–H and O–H groups in total. The van der Waals surface area contributed by atoms with Gasteiger partial charge in [0.1, 0.15) is 5.75 Å². The lowest BCUT2D eigenvalue weighted by atomic mass is 9.96. The van der Waals surface area contributed by atoms with Crippen molar-refractivity contribution in [3.8, 4) is 5.75 Å². The van der Waals surface area contributed by atoms with Crippen LogP contribution in [0.3, 0.4) is 0 Å². The number of alkyl halides is 3. The number of carbonyl (C=O) groups excluding carboxylic acids is 1. The van der Waals surface area contributed by atoms with Crippen LogP contribution in [0.1, 0.15) is 27.2 Å². The van der Waals surface area contributed by atoms with Crippen molar-refractivity contribution in [1.82, 2.24) is 4.98 Å². The highest BCUT2D eigenvalue weighted by atomic mass is 35.5. The lowest BCUT2D eigenvalue weighted by Crippen LogP contribution is -2.17. The molecule has 2 aromatic rings. The molecule has 1 unspecified atom stereocenters. The molecular formula is C17H13ClF3NO2. The Morgan fingerprint density at radius 3 is 2.79 bits per heavy atom. The van der Waals surface area contributed by atoms with Gasteiger partial charge in [0, 0.05) is 24.1 Å². The van der Waals surface area contributed by atoms with Crippen LogP contribution in [0.4, 0.5) is 13.2 Å². The number of halogens is 4. The van der Waals surface area contributed by atoms with Gasteiger partial charge in [0.2, 0.25) is 0 Å². The highest BCUT2D eigenvalue weighted by molar-refractivity contribution is 6.32. The number of benzene rings is 1. The van der Waals surface area contributed by atoms with Gasteiger partial charge in [0.25, 0.3) is 0 Å². The summed E-state index contributed by atoms with van der Waals surface area (Å²) in [6.45, 7) is 0. The Morgan fingerprint density at radius 1 is 1.38 bits per heavy atom. The molecule has 24 heavy (non-hydrogen) atoms. The maximum atomic E-state index is 13.1. The van der Waals surface area contributed by atoms with Gasteiger partial charge in [-0.2, -0.15) is 13.2 Å². The molecule has 3 rings (SSSR count). The number of ketones is 1. The third kappa shape index (κ3) is 2.98. The molecular weight excluding hydrogens is 343 g/mol. The van der Waals surface area contributed by atoms with Crippen molar-refractivity contribution in [3.05, 3.63) is 57.9 Å². The summed E-state index contributed by atoms with van der Waals surface area (Å²) >= 11 is 6.05. The molecule has 0 saturated carbocycles. The van der Waals surface area contributed by atoms with E-state index in [1.54, 1.807) is 12.1 Å². The van der Waals surface area contributed by atoms with Crippen LogP contribution in [0, 0.1) is 5.92 Å². The maximum absolute atomic E-state index is 13.1. The first-order valence-corrected chi connectivity index (χ1v) is 7.60. The quantitative estimate of drug-likeness (QED) is 0.821. The second kappa shape index (κ2) is 6.09. The number of pyridine rings is 1. The molecule has 126 valence electrons. The van der Waals surface area contributed by atoms with Gasteiger partial charge in [-0.05, 0) is 36.2 Å². The van der Waals surface area contributed by atoms with Gasteiger partial charge in [0.05, 0.1) is 23.4 Å². The van der Waals surface area contributed by atoms with Gasteiger partial charge in [-0.3, -0.25) is 9.78 Å². The Balaban J connectivity index is 1.90. The summed E-state index contributed by atoms with van der Waals surface area (Å²) in [4.78, 5) is 16.4. The number of Topliss-reactive ketones (excluding diaryl/α,β-unsaturated/α-hetero) is 1. The minimum absolute atomic E-state index is 0.0663. The number of rotatable bonds is 3. The van der Waals surface area contributed by atoms with Crippen LogP contribution in [0.2, 0.25) is 5.02 Å². The molecule has 7 heteroatoms. The summed E-state index contributed by atoms with van der Waals surface area (Å²) in [7, 11) is 1.44. The van der Waals surface area contributed by atoms with Gasteiger partial charge in [-0.15, -0.1) is 0 Å². The lowest BCUT2D eigenvalue weighted by molar-refractivity contribution is -0.138. The van der Waals surface area contributed by atoms with E-state index < -0.39 is 17.7 Å². The summed E-state index contributed by atoms with van der Waals surface area (Å²) in [5.41, 5.74) is 0.254. The van der Waals surface area contributed by atoms with Crippen LogP contribution < -0.4 is 4.74 Å². The van der Waals surface area contributed by atoms with E-state index in [0.29, 0.717) is 22.8 Å². The highest BCUT2D eigenvalue weighted by Gasteiger charge is 2.37. The van der Waals surface area contributed by atoms with E-state index in [1.165, 1.54) is 19.4 Å². The van der Waals surface area contributed by atoms with E-state index in [1.807, 2.05) is 0 Å². The fraction of sp³-hybridized carbons (Fsp3) is 0.294. The summed E-state index contributed by atoms with van der Waals surface area (Å²) < 4.78 is 44.3. The van der Waals surface area contributed by atoms with Crippen LogP contribution in [0.5, 0.6) is 5.75 Å². The number of hydrogen-bond acceptors (Lipinski definition) is 3. The maximum Gasteiger partial charge on any atom is 0.418 e. The smallest absolute Gasteiger partial charge is 0.418 e. The monoisotopic (exact) mass is 355 g/mol. The Hall–Kier alpha value is -2.08. The molecule has 0 fully saturated rings. The average molecular weight is 356 g/mol. The predicted molar refractivity (Wildman–Crippen MR) is 82.5 cm³/mol. The molecule has 3 nitrogen and oxygen atoms in total. The first-order chi connectivity index (χ1) is 11.3. The highest BCUT2D eigenvalue weighted by Crippen LogP contribution is 2.38. The predicted octanol–water partition coefficient (Wildman–Crippen LogP) is 4.36. The normalized spacial score (nSPS) is 17.0. The van der Waals surface area contributed by atoms with E-state index in [-0.39, 0.29) is 17.9 Å². The Labute approximate surface area is 141 Å². The van der Waals surface area contributed by atoms with E-state index in [2.05, 4.69) is 4.98 Å². The molecule has 1 heterocycles. The van der Waals surface area contributed by atoms with Gasteiger partial charge in [-0.25, -0.2) is 0 Å². The zero-order chi connectivity index (χ0) is 17.5. The zero-order valence-corrected chi connectivity index (χ0v) is 13.4. The van der Waals surface area contributed by atoms with E-state index in [4.69, 9.17) is 16.3 Å². The second-order valence-electron chi connectivity index (χ2n) is 5.61. The van der Waals surface area contributed by atoms with Crippen molar-refractivity contribution in [2.24, 2.45) is 5.92 Å². The first kappa shape index (κ1) is 16.8. The Morgan fingerprint density at radius 2 is 2.12 bits per heavy atom. The standard InChI is InChI=1S/C17H13ClF3NO2/c1-24-15-8-11-9(6-13(15)18)5-10(16(11)23)7-14-12(17(19,20)21)3-2-4-22-14/h2-4,6,8,10H,5,7H2,1H3. The number of nitrogens with zero attached hydrogens (tertiary/aromatic N) is 1. The Kier molecular flexibility index (Phi) is 4.25. The molecule has 0 radical (unpaired) electrons. The van der Waals surface area contributed by atoms with Crippen molar-refractivity contribution in [2.45, 2.75) is 19.0 Å². The van der Waals surface area contributed by atoms with E-state index >= 15 is 0 Å². The SMILES string of the molecule is COc1cc2c(cc1Cl)CC(Cc1ncccc1C(F)(F)F)C2=O. The van der Waals surface area contributed by atoms with Crippen molar-refractivity contribution < 1.29 is 22.7 Å². The van der Waals surface area contributed by atoms with Gasteiger partial charge < -0.3 is 4.74 Å². The van der Waals surface area contributed by atoms with Crippen LogP contribution in [-0.2, 0) is 19.0 Å². The number of aromatic nitrogens is 1. The first-order valence-electron chi connectivity index (χ1n) is 7.23. The summed E-state index contributed by atoms with van der Waals surface area (Å²) in [5, 5.41) is 0.374. The van der Waals surface area contributed by atoms with Crippen LogP contribution in [0.25, 0.3) is 0 Å². The third-order valence-electron chi connectivity index (χ3n) is 4.12. The van der Waals surface area contributed by atoms with E-state index in [0.717, 1.165) is 11.6 Å². The number of carbonyl (C=O) groups is 1. The zero-order valence-electron chi connectivity index (χ0n) is 12.7. The topological polar surface area (TPSA) is 39.2 Å². The van der Waals surface area contributed by atoms with Crippen molar-refractivity contribution in [1.29, 1.82) is 0 Å². The minimum Gasteiger partial charge on any atom is -0.495 e. The lowest BCUT2D eigenvalue weighted by Gasteiger charge is -2.13. The largest absolute Gasteiger partial charge is 0.495 e.